The Morgan fingerprint density at radius 3 is 3.05 bits per heavy atom. The smallest absolute Gasteiger partial charge is 0.0770 e. The highest BCUT2D eigenvalue weighted by atomic mass is 35.5. The Kier molecular flexibility index (Phi) is 3.70. The van der Waals surface area contributed by atoms with E-state index in [0.29, 0.717) is 6.04 Å². The Balaban J connectivity index is 1.83. The number of nitrogens with zero attached hydrogens (tertiary/aromatic N) is 1. The van der Waals surface area contributed by atoms with Gasteiger partial charge in [0.25, 0.3) is 0 Å². The largest absolute Gasteiger partial charge is 0.394 e. The van der Waals surface area contributed by atoms with Crippen LogP contribution in [0, 0.1) is 0 Å². The van der Waals surface area contributed by atoms with E-state index in [0.717, 1.165) is 23.7 Å². The van der Waals surface area contributed by atoms with E-state index in [9.17, 15) is 5.11 Å². The maximum atomic E-state index is 9.96. The molecule has 2 atom stereocenters. The lowest BCUT2D eigenvalue weighted by atomic mass is 9.86. The van der Waals surface area contributed by atoms with E-state index >= 15 is 0 Å². The van der Waals surface area contributed by atoms with Crippen molar-refractivity contribution in [2.45, 2.75) is 37.3 Å². The molecule has 104 valence electrons. The molecule has 2 aliphatic heterocycles. The van der Waals surface area contributed by atoms with Gasteiger partial charge in [0.2, 0.25) is 0 Å². The summed E-state index contributed by atoms with van der Waals surface area (Å²) in [5, 5.41) is 14.3. The van der Waals surface area contributed by atoms with Crippen LogP contribution in [0.25, 0.3) is 0 Å². The quantitative estimate of drug-likeness (QED) is 0.894. The Bertz CT molecular complexity index is 454. The Morgan fingerprint density at radius 2 is 2.26 bits per heavy atom. The monoisotopic (exact) mass is 280 g/mol. The van der Waals surface area contributed by atoms with Crippen LogP contribution in [0.2, 0.25) is 5.02 Å². The molecule has 2 aliphatic rings. The van der Waals surface area contributed by atoms with Gasteiger partial charge in [0.05, 0.1) is 12.1 Å². The van der Waals surface area contributed by atoms with Crippen LogP contribution < -0.4 is 5.32 Å². The van der Waals surface area contributed by atoms with Crippen LogP contribution in [0.3, 0.4) is 0 Å². The average Bonchev–Trinajstić information content (AvgIpc) is 2.79. The van der Waals surface area contributed by atoms with E-state index in [1.807, 2.05) is 24.3 Å². The summed E-state index contributed by atoms with van der Waals surface area (Å²) in [4.78, 5) is 2.53. The number of rotatable bonds is 3. The Labute approximate surface area is 119 Å². The fraction of sp³-hybridized carbons (Fsp3) is 0.600. The van der Waals surface area contributed by atoms with Gasteiger partial charge in [-0.05, 0) is 44.0 Å². The molecule has 0 aromatic heterocycles. The van der Waals surface area contributed by atoms with Gasteiger partial charge in [0.15, 0.2) is 0 Å². The molecule has 0 saturated carbocycles. The third-order valence-electron chi connectivity index (χ3n) is 4.60. The van der Waals surface area contributed by atoms with Crippen molar-refractivity contribution < 1.29 is 5.11 Å². The molecular weight excluding hydrogens is 260 g/mol. The molecule has 1 aromatic rings. The number of aliphatic hydroxyl groups excluding tert-OH is 1. The molecule has 2 heterocycles. The zero-order valence-corrected chi connectivity index (χ0v) is 11.9. The van der Waals surface area contributed by atoms with Crippen LogP contribution in [-0.2, 0) is 0 Å². The van der Waals surface area contributed by atoms with E-state index in [4.69, 9.17) is 11.6 Å². The van der Waals surface area contributed by atoms with Crippen molar-refractivity contribution in [3.8, 4) is 0 Å². The van der Waals surface area contributed by atoms with Crippen LogP contribution >= 0.6 is 11.6 Å². The summed E-state index contributed by atoms with van der Waals surface area (Å²) < 4.78 is 0. The first-order valence-corrected chi connectivity index (χ1v) is 7.50. The second-order valence-electron chi connectivity index (χ2n) is 5.75. The molecular formula is C15H21ClN2O. The summed E-state index contributed by atoms with van der Waals surface area (Å²) in [5.41, 5.74) is 0.805. The van der Waals surface area contributed by atoms with Crippen LogP contribution in [0.1, 0.15) is 25.7 Å². The summed E-state index contributed by atoms with van der Waals surface area (Å²) in [6.45, 7) is 2.43. The zero-order chi connectivity index (χ0) is 13.3. The van der Waals surface area contributed by atoms with E-state index in [1.54, 1.807) is 0 Å². The van der Waals surface area contributed by atoms with Crippen molar-refractivity contribution in [2.75, 3.05) is 25.0 Å². The molecule has 0 bridgehead atoms. The first-order valence-electron chi connectivity index (χ1n) is 7.12. The van der Waals surface area contributed by atoms with Gasteiger partial charge in [-0.3, -0.25) is 4.90 Å². The predicted octanol–water partition coefficient (Wildman–Crippen LogP) is 2.74. The van der Waals surface area contributed by atoms with Gasteiger partial charge in [-0.1, -0.05) is 24.1 Å². The molecule has 3 rings (SSSR count). The highest BCUT2D eigenvalue weighted by molar-refractivity contribution is 6.30. The standard InChI is InChI=1S/C15H21ClN2O/c16-12-4-3-5-13(10-12)17-15(11-19)7-9-18-8-2-1-6-14(15)18/h3-5,10,14,17,19H,1-2,6-9,11H2. The maximum absolute atomic E-state index is 9.96. The normalized spacial score (nSPS) is 31.2. The SMILES string of the molecule is OCC1(Nc2cccc(Cl)c2)CCN2CCCCC21. The van der Waals surface area contributed by atoms with Crippen molar-refractivity contribution in [1.29, 1.82) is 0 Å². The van der Waals surface area contributed by atoms with Crippen molar-refractivity contribution in [1.82, 2.24) is 4.90 Å². The third-order valence-corrected chi connectivity index (χ3v) is 4.83. The van der Waals surface area contributed by atoms with Gasteiger partial charge in [0, 0.05) is 23.3 Å². The number of nitrogens with one attached hydrogen (secondary N) is 1. The minimum Gasteiger partial charge on any atom is -0.394 e. The number of hydrogen-bond donors (Lipinski definition) is 2. The molecule has 2 saturated heterocycles. The molecule has 2 unspecified atom stereocenters. The van der Waals surface area contributed by atoms with Gasteiger partial charge in [-0.15, -0.1) is 0 Å². The summed E-state index contributed by atoms with van der Waals surface area (Å²) in [7, 11) is 0. The molecule has 19 heavy (non-hydrogen) atoms. The summed E-state index contributed by atoms with van der Waals surface area (Å²) in [6, 6.07) is 8.23. The number of halogens is 1. The van der Waals surface area contributed by atoms with E-state index in [1.165, 1.54) is 25.8 Å². The molecule has 3 nitrogen and oxygen atoms in total. The van der Waals surface area contributed by atoms with Crippen LogP contribution in [0.4, 0.5) is 5.69 Å². The Morgan fingerprint density at radius 1 is 1.37 bits per heavy atom. The van der Waals surface area contributed by atoms with Crippen molar-refractivity contribution in [3.63, 3.8) is 0 Å². The van der Waals surface area contributed by atoms with Crippen molar-refractivity contribution in [2.24, 2.45) is 0 Å². The predicted molar refractivity (Wildman–Crippen MR) is 78.7 cm³/mol. The van der Waals surface area contributed by atoms with E-state index in [2.05, 4.69) is 10.2 Å². The molecule has 2 fully saturated rings. The topological polar surface area (TPSA) is 35.5 Å². The molecule has 1 aromatic carbocycles. The van der Waals surface area contributed by atoms with Gasteiger partial charge >= 0.3 is 0 Å². The number of anilines is 1. The fourth-order valence-electron chi connectivity index (χ4n) is 3.62. The van der Waals surface area contributed by atoms with E-state index in [-0.39, 0.29) is 12.1 Å². The second-order valence-corrected chi connectivity index (χ2v) is 6.18. The third kappa shape index (κ3) is 2.47. The lowest BCUT2D eigenvalue weighted by Gasteiger charge is -2.41. The van der Waals surface area contributed by atoms with Crippen molar-refractivity contribution in [3.05, 3.63) is 29.3 Å². The molecule has 2 N–H and O–H groups in total. The lowest BCUT2D eigenvalue weighted by molar-refractivity contribution is 0.123. The highest BCUT2D eigenvalue weighted by Gasteiger charge is 2.47. The number of hydrogen-bond acceptors (Lipinski definition) is 3. The fourth-order valence-corrected chi connectivity index (χ4v) is 3.81. The van der Waals surface area contributed by atoms with Crippen molar-refractivity contribution >= 4 is 17.3 Å². The van der Waals surface area contributed by atoms with Gasteiger partial charge in [0.1, 0.15) is 0 Å². The highest BCUT2D eigenvalue weighted by Crippen LogP contribution is 2.37. The number of fused-ring (bicyclic) bond motifs is 1. The van der Waals surface area contributed by atoms with Gasteiger partial charge in [-0.25, -0.2) is 0 Å². The van der Waals surface area contributed by atoms with Gasteiger partial charge in [-0.2, -0.15) is 0 Å². The maximum Gasteiger partial charge on any atom is 0.0770 e. The second kappa shape index (κ2) is 5.31. The molecule has 0 spiro atoms. The summed E-state index contributed by atoms with van der Waals surface area (Å²) in [5.74, 6) is 0. The molecule has 0 aliphatic carbocycles. The van der Waals surface area contributed by atoms with Crippen LogP contribution in [0.5, 0.6) is 0 Å². The number of aliphatic hydroxyl groups is 1. The zero-order valence-electron chi connectivity index (χ0n) is 11.1. The average molecular weight is 281 g/mol. The minimum absolute atomic E-state index is 0.181. The first kappa shape index (κ1) is 13.2. The van der Waals surface area contributed by atoms with Crippen LogP contribution in [-0.4, -0.2) is 41.3 Å². The first-order chi connectivity index (χ1) is 9.23. The molecule has 0 radical (unpaired) electrons. The number of piperidine rings is 1. The Hall–Kier alpha value is -0.770. The summed E-state index contributed by atoms with van der Waals surface area (Å²) >= 11 is 6.04. The molecule has 4 heteroatoms. The van der Waals surface area contributed by atoms with E-state index < -0.39 is 0 Å². The minimum atomic E-state index is -0.203. The summed E-state index contributed by atoms with van der Waals surface area (Å²) in [6.07, 6.45) is 4.73. The lowest BCUT2D eigenvalue weighted by Crippen LogP contribution is -2.54. The number of benzene rings is 1. The van der Waals surface area contributed by atoms with Crippen LogP contribution in [0.15, 0.2) is 24.3 Å². The molecule has 0 amide bonds. The van der Waals surface area contributed by atoms with Gasteiger partial charge < -0.3 is 10.4 Å².